The van der Waals surface area contributed by atoms with E-state index >= 15 is 0 Å². The fraction of sp³-hybridized carbons (Fsp3) is 0.370. The van der Waals surface area contributed by atoms with Crippen LogP contribution in [0.3, 0.4) is 0 Å². The van der Waals surface area contributed by atoms with Gasteiger partial charge in [0.25, 0.3) is 0 Å². The minimum atomic E-state index is -0.0862. The number of phenolic OH excluding ortho intramolecular Hbond substituents is 2. The zero-order chi connectivity index (χ0) is 23.8. The molecule has 0 spiro atoms. The highest BCUT2D eigenvalue weighted by molar-refractivity contribution is 5.90. The maximum Gasteiger partial charge on any atom is 0.168 e. The molecular formula is C27H33NO5. The maximum atomic E-state index is 12.7. The van der Waals surface area contributed by atoms with Crippen LogP contribution in [0.5, 0.6) is 17.2 Å². The first-order valence-corrected chi connectivity index (χ1v) is 11.4. The number of nitrogens with one attached hydrogen (secondary N) is 1. The van der Waals surface area contributed by atoms with Crippen LogP contribution in [-0.2, 0) is 16.0 Å². The largest absolute Gasteiger partial charge is 0.508 e. The molecule has 33 heavy (non-hydrogen) atoms. The number of rotatable bonds is 12. The van der Waals surface area contributed by atoms with Crippen molar-refractivity contribution >= 4 is 16.6 Å². The molecule has 0 radical (unpaired) electrons. The molecule has 1 atom stereocenters. The van der Waals surface area contributed by atoms with Gasteiger partial charge >= 0.3 is 0 Å². The number of aryl methyl sites for hydroxylation is 1. The van der Waals surface area contributed by atoms with E-state index in [2.05, 4.69) is 12.2 Å². The molecule has 0 aliphatic rings. The molecule has 176 valence electrons. The number of fused-ring (bicyclic) bond motifs is 1. The highest BCUT2D eigenvalue weighted by Crippen LogP contribution is 2.41. The number of phenols is 2. The molecule has 1 unspecified atom stereocenters. The SMILES string of the molecule is CCCC(CC(=O)CCc1ccc(O)c(OC)c1-c1ccc2ccc(O)cc2c1)OCNC. The van der Waals surface area contributed by atoms with E-state index in [1.54, 1.807) is 18.2 Å². The van der Waals surface area contributed by atoms with Gasteiger partial charge in [-0.1, -0.05) is 37.6 Å². The fourth-order valence-electron chi connectivity index (χ4n) is 4.13. The van der Waals surface area contributed by atoms with E-state index in [0.29, 0.717) is 31.7 Å². The van der Waals surface area contributed by atoms with Gasteiger partial charge in [-0.2, -0.15) is 0 Å². The molecule has 0 aliphatic carbocycles. The smallest absolute Gasteiger partial charge is 0.168 e. The third-order valence-electron chi connectivity index (χ3n) is 5.74. The minimum absolute atomic E-state index is 0.0436. The molecule has 0 aromatic heterocycles. The summed E-state index contributed by atoms with van der Waals surface area (Å²) in [6.45, 7) is 2.51. The summed E-state index contributed by atoms with van der Waals surface area (Å²) in [7, 11) is 3.34. The molecule has 0 saturated heterocycles. The summed E-state index contributed by atoms with van der Waals surface area (Å²) < 4.78 is 11.3. The average molecular weight is 452 g/mol. The number of ether oxygens (including phenoxy) is 2. The first kappa shape index (κ1) is 24.6. The Kier molecular flexibility index (Phi) is 8.69. The Morgan fingerprint density at radius 1 is 1.06 bits per heavy atom. The molecule has 0 bridgehead atoms. The van der Waals surface area contributed by atoms with Crippen molar-refractivity contribution in [3.63, 3.8) is 0 Å². The van der Waals surface area contributed by atoms with Crippen LogP contribution in [0.25, 0.3) is 21.9 Å². The van der Waals surface area contributed by atoms with E-state index in [4.69, 9.17) is 9.47 Å². The lowest BCUT2D eigenvalue weighted by molar-refractivity contribution is -0.122. The zero-order valence-electron chi connectivity index (χ0n) is 19.6. The van der Waals surface area contributed by atoms with E-state index < -0.39 is 0 Å². The standard InChI is InChI=1S/C27H33NO5/c1-4-5-24(33-17-28-2)16-23(30)12-9-19-10-13-25(31)27(32-3)26(19)20-7-6-18-8-11-22(29)15-21(18)14-20/h6-8,10-11,13-15,24,28-29,31H,4-5,9,12,16-17H2,1-3H3. The van der Waals surface area contributed by atoms with Crippen molar-refractivity contribution in [3.05, 3.63) is 54.1 Å². The van der Waals surface area contributed by atoms with Crippen LogP contribution in [0.4, 0.5) is 0 Å². The molecule has 6 nitrogen and oxygen atoms in total. The normalized spacial score (nSPS) is 12.1. The zero-order valence-corrected chi connectivity index (χ0v) is 19.6. The lowest BCUT2D eigenvalue weighted by atomic mass is 9.92. The summed E-state index contributed by atoms with van der Waals surface area (Å²) in [6.07, 6.45) is 2.99. The van der Waals surface area contributed by atoms with Gasteiger partial charge in [-0.15, -0.1) is 0 Å². The molecule has 3 rings (SSSR count). The first-order valence-electron chi connectivity index (χ1n) is 11.4. The molecular weight excluding hydrogens is 418 g/mol. The Hall–Kier alpha value is -3.09. The van der Waals surface area contributed by atoms with Crippen LogP contribution in [0.15, 0.2) is 48.5 Å². The summed E-state index contributed by atoms with van der Waals surface area (Å²) in [5, 5.41) is 25.1. The van der Waals surface area contributed by atoms with E-state index in [1.165, 1.54) is 7.11 Å². The number of Topliss-reactive ketones (excluding diaryl/α,β-unsaturated/α-hetero) is 1. The van der Waals surface area contributed by atoms with Crippen molar-refractivity contribution in [2.45, 2.75) is 45.1 Å². The second-order valence-corrected chi connectivity index (χ2v) is 8.22. The average Bonchev–Trinajstić information content (AvgIpc) is 2.81. The van der Waals surface area contributed by atoms with E-state index in [0.717, 1.165) is 40.3 Å². The number of methoxy groups -OCH3 is 1. The Morgan fingerprint density at radius 2 is 1.85 bits per heavy atom. The molecule has 3 aromatic rings. The van der Waals surface area contributed by atoms with Crippen molar-refractivity contribution < 1.29 is 24.5 Å². The van der Waals surface area contributed by atoms with Crippen molar-refractivity contribution in [1.82, 2.24) is 5.32 Å². The highest BCUT2D eigenvalue weighted by atomic mass is 16.5. The van der Waals surface area contributed by atoms with Gasteiger partial charge in [-0.05, 0) is 66.1 Å². The molecule has 0 aliphatic heterocycles. The third kappa shape index (κ3) is 6.24. The maximum absolute atomic E-state index is 12.7. The van der Waals surface area contributed by atoms with Crippen LogP contribution in [0.1, 0.15) is 38.2 Å². The second-order valence-electron chi connectivity index (χ2n) is 8.22. The molecule has 3 N–H and O–H groups in total. The Morgan fingerprint density at radius 3 is 2.58 bits per heavy atom. The predicted molar refractivity (Wildman–Crippen MR) is 131 cm³/mol. The van der Waals surface area contributed by atoms with Crippen molar-refractivity contribution in [1.29, 1.82) is 0 Å². The summed E-state index contributed by atoms with van der Waals surface area (Å²) in [5.41, 5.74) is 2.53. The van der Waals surface area contributed by atoms with Crippen molar-refractivity contribution in [2.24, 2.45) is 0 Å². The number of ketones is 1. The van der Waals surface area contributed by atoms with Crippen LogP contribution in [0.2, 0.25) is 0 Å². The summed E-state index contributed by atoms with van der Waals surface area (Å²) in [4.78, 5) is 12.7. The third-order valence-corrected chi connectivity index (χ3v) is 5.74. The molecule has 0 heterocycles. The molecule has 0 saturated carbocycles. The lowest BCUT2D eigenvalue weighted by Crippen LogP contribution is -2.23. The Labute approximate surface area is 195 Å². The van der Waals surface area contributed by atoms with Gasteiger partial charge in [0.05, 0.1) is 19.9 Å². The van der Waals surface area contributed by atoms with Crippen LogP contribution >= 0.6 is 0 Å². The van der Waals surface area contributed by atoms with Gasteiger partial charge in [-0.3, -0.25) is 10.1 Å². The van der Waals surface area contributed by atoms with Crippen molar-refractivity contribution in [3.8, 4) is 28.4 Å². The molecule has 3 aromatic carbocycles. The summed E-state index contributed by atoms with van der Waals surface area (Å²) in [5.74, 6) is 0.754. The topological polar surface area (TPSA) is 88.0 Å². The van der Waals surface area contributed by atoms with E-state index in [9.17, 15) is 15.0 Å². The van der Waals surface area contributed by atoms with E-state index in [1.807, 2.05) is 37.4 Å². The number of hydrogen-bond acceptors (Lipinski definition) is 6. The number of aromatic hydroxyl groups is 2. The Bertz CT molecular complexity index is 1100. The molecule has 0 amide bonds. The van der Waals surface area contributed by atoms with Gasteiger partial charge in [0.15, 0.2) is 11.5 Å². The van der Waals surface area contributed by atoms with Gasteiger partial charge in [0.2, 0.25) is 0 Å². The van der Waals surface area contributed by atoms with Crippen LogP contribution < -0.4 is 10.1 Å². The van der Waals surface area contributed by atoms with Gasteiger partial charge < -0.3 is 19.7 Å². The quantitative estimate of drug-likeness (QED) is 0.329. The minimum Gasteiger partial charge on any atom is -0.508 e. The predicted octanol–water partition coefficient (Wildman–Crippen LogP) is 5.18. The lowest BCUT2D eigenvalue weighted by Gasteiger charge is -2.18. The van der Waals surface area contributed by atoms with Gasteiger partial charge in [0.1, 0.15) is 11.5 Å². The first-order chi connectivity index (χ1) is 16.0. The van der Waals surface area contributed by atoms with Crippen molar-refractivity contribution in [2.75, 3.05) is 20.9 Å². The summed E-state index contributed by atoms with van der Waals surface area (Å²) in [6, 6.07) is 14.6. The molecule has 0 fully saturated rings. The molecule has 6 heteroatoms. The fourth-order valence-corrected chi connectivity index (χ4v) is 4.13. The number of benzene rings is 3. The van der Waals surface area contributed by atoms with E-state index in [-0.39, 0.29) is 23.4 Å². The number of carbonyl (C=O) groups excluding carboxylic acids is 1. The highest BCUT2D eigenvalue weighted by Gasteiger charge is 2.19. The monoisotopic (exact) mass is 451 g/mol. The number of hydrogen-bond donors (Lipinski definition) is 3. The van der Waals surface area contributed by atoms with Gasteiger partial charge in [-0.25, -0.2) is 0 Å². The second kappa shape index (κ2) is 11.7. The van der Waals surface area contributed by atoms with Crippen LogP contribution in [-0.4, -0.2) is 43.0 Å². The summed E-state index contributed by atoms with van der Waals surface area (Å²) >= 11 is 0. The Balaban J connectivity index is 1.87. The van der Waals surface area contributed by atoms with Gasteiger partial charge in [0, 0.05) is 18.4 Å². The number of carbonyl (C=O) groups is 1. The van der Waals surface area contributed by atoms with Crippen LogP contribution in [0, 0.1) is 0 Å².